The van der Waals surface area contributed by atoms with Crippen LogP contribution in [0.3, 0.4) is 0 Å². The van der Waals surface area contributed by atoms with Crippen molar-refractivity contribution >= 4 is 51.0 Å². The number of carboxylic acid groups (broad SMARTS) is 1. The maximum Gasteiger partial charge on any atom is 0.303 e. The van der Waals surface area contributed by atoms with E-state index in [9.17, 15) is 37.5 Å². The van der Waals surface area contributed by atoms with Crippen LogP contribution < -0.4 is 36.9 Å². The van der Waals surface area contributed by atoms with Gasteiger partial charge in [0.1, 0.15) is 24.4 Å². The summed E-state index contributed by atoms with van der Waals surface area (Å²) in [4.78, 5) is 63.5. The second kappa shape index (κ2) is 14.5. The third kappa shape index (κ3) is 9.68. The second-order valence-corrected chi connectivity index (χ2v) is 11.7. The van der Waals surface area contributed by atoms with Crippen LogP contribution in [0.15, 0.2) is 36.4 Å². The molecule has 10 N–H and O–H groups in total. The van der Waals surface area contributed by atoms with Crippen molar-refractivity contribution in [3.05, 3.63) is 53.1 Å². The molecule has 43 heavy (non-hydrogen) atoms. The smallest absolute Gasteiger partial charge is 0.303 e. The second-order valence-electron chi connectivity index (χ2n) is 9.97. The Labute approximate surface area is 247 Å². The van der Waals surface area contributed by atoms with Crippen molar-refractivity contribution in [1.82, 2.24) is 10.6 Å². The van der Waals surface area contributed by atoms with E-state index in [2.05, 4.69) is 26.4 Å². The summed E-state index contributed by atoms with van der Waals surface area (Å²) in [5.41, 5.74) is 9.79. The average Bonchev–Trinajstić information content (AvgIpc) is 2.92. The highest BCUT2D eigenvalue weighted by atomic mass is 32.2. The number of hydrogen-bond acceptors (Lipinski definition) is 8. The van der Waals surface area contributed by atoms with Crippen LogP contribution in [0.2, 0.25) is 0 Å². The van der Waals surface area contributed by atoms with E-state index in [1.165, 1.54) is 36.4 Å². The third-order valence-electron chi connectivity index (χ3n) is 6.46. The number of carbonyl (C=O) groups is 5. The number of amides is 4. The molecule has 2 aromatic carbocycles. The van der Waals surface area contributed by atoms with Crippen LogP contribution in [0, 0.1) is 0 Å². The number of anilines is 2. The van der Waals surface area contributed by atoms with Crippen LogP contribution in [-0.4, -0.2) is 68.0 Å². The number of hydrogen-bond donors (Lipinski definition) is 7. The van der Waals surface area contributed by atoms with Gasteiger partial charge in [-0.25, -0.2) is 8.42 Å². The van der Waals surface area contributed by atoms with Gasteiger partial charge in [-0.15, -0.1) is 0 Å². The van der Waals surface area contributed by atoms with Crippen molar-refractivity contribution in [2.24, 2.45) is 5.73 Å². The van der Waals surface area contributed by atoms with Crippen LogP contribution in [-0.2, 0) is 31.0 Å². The van der Waals surface area contributed by atoms with Gasteiger partial charge in [0.05, 0.1) is 18.4 Å². The molecule has 3 rings (SSSR count). The number of ether oxygens (including phenoxy) is 1. The number of benzene rings is 2. The predicted octanol–water partition coefficient (Wildman–Crippen LogP) is -0.452. The van der Waals surface area contributed by atoms with Crippen LogP contribution >= 0.6 is 0 Å². The molecule has 15 nitrogen and oxygen atoms in total. The Balaban J connectivity index is 2.12. The fourth-order valence-corrected chi connectivity index (χ4v) is 4.85. The Morgan fingerprint density at radius 1 is 1.05 bits per heavy atom. The highest BCUT2D eigenvalue weighted by molar-refractivity contribution is 7.92. The summed E-state index contributed by atoms with van der Waals surface area (Å²) in [7, 11) is -3.71. The molecule has 0 saturated heterocycles. The first-order chi connectivity index (χ1) is 20.3. The quantitative estimate of drug-likeness (QED) is 0.170. The minimum atomic E-state index is -3.71. The number of sulfonamides is 1. The molecule has 0 saturated carbocycles. The van der Waals surface area contributed by atoms with E-state index in [-0.39, 0.29) is 47.7 Å². The normalized spacial score (nSPS) is 17.6. The summed E-state index contributed by atoms with van der Waals surface area (Å²) in [5, 5.41) is 17.1. The SMILES string of the molecule is CS(=O)(=O)Nc1ccc2c(c1)C(=O)N[C@@H](CCC(=O)O)C(=O)N[C@@H](CCCC[NH3+])C(=O)Nc1cc(C(N)=O)ccc1CO2. The lowest BCUT2D eigenvalue weighted by atomic mass is 10.0. The lowest BCUT2D eigenvalue weighted by Crippen LogP contribution is -2.53. The maximum absolute atomic E-state index is 13.5. The topological polar surface area (TPSA) is 251 Å². The number of carboxylic acids is 1. The van der Waals surface area contributed by atoms with Gasteiger partial charge in [-0.05, 0) is 56.0 Å². The number of carbonyl (C=O) groups excluding carboxylic acids is 4. The van der Waals surface area contributed by atoms with E-state index >= 15 is 0 Å². The van der Waals surface area contributed by atoms with Gasteiger partial charge in [-0.1, -0.05) is 6.07 Å². The van der Waals surface area contributed by atoms with E-state index in [1.807, 2.05) is 0 Å². The van der Waals surface area contributed by atoms with Crippen LogP contribution in [0.25, 0.3) is 0 Å². The minimum Gasteiger partial charge on any atom is -0.488 e. The molecule has 1 heterocycles. The van der Waals surface area contributed by atoms with E-state index < -0.39 is 58.1 Å². The van der Waals surface area contributed by atoms with Gasteiger partial charge >= 0.3 is 5.97 Å². The summed E-state index contributed by atoms with van der Waals surface area (Å²) in [6.45, 7) is 0.395. The van der Waals surface area contributed by atoms with Crippen LogP contribution in [0.1, 0.15) is 58.4 Å². The lowest BCUT2D eigenvalue weighted by molar-refractivity contribution is -0.368. The van der Waals surface area contributed by atoms with Crippen LogP contribution in [0.4, 0.5) is 11.4 Å². The molecule has 16 heteroatoms. The first-order valence-electron chi connectivity index (χ1n) is 13.4. The van der Waals surface area contributed by atoms with Crippen molar-refractivity contribution in [1.29, 1.82) is 0 Å². The number of unbranched alkanes of at least 4 members (excludes halogenated alkanes) is 1. The maximum atomic E-state index is 13.5. The van der Waals surface area contributed by atoms with Gasteiger partial charge in [0.25, 0.3) is 5.91 Å². The molecular weight excluding hydrogens is 584 g/mol. The predicted molar refractivity (Wildman–Crippen MR) is 154 cm³/mol. The van der Waals surface area contributed by atoms with Gasteiger partial charge in [-0.3, -0.25) is 28.7 Å². The molecule has 1 aliphatic heterocycles. The van der Waals surface area contributed by atoms with Crippen molar-refractivity contribution in [3.8, 4) is 5.75 Å². The highest BCUT2D eigenvalue weighted by Gasteiger charge is 2.29. The van der Waals surface area contributed by atoms with Gasteiger partial charge in [0.15, 0.2) is 0 Å². The summed E-state index contributed by atoms with van der Waals surface area (Å²) in [5.74, 6) is -4.23. The zero-order valence-corrected chi connectivity index (χ0v) is 24.3. The molecule has 0 fully saturated rings. The highest BCUT2D eigenvalue weighted by Crippen LogP contribution is 2.27. The molecular formula is C27H35N6O9S+. The Hall–Kier alpha value is -4.70. The number of nitrogens with two attached hydrogens (primary N) is 1. The summed E-state index contributed by atoms with van der Waals surface area (Å²) in [6.07, 6.45) is 1.55. The van der Waals surface area contributed by atoms with E-state index in [0.717, 1.165) is 6.26 Å². The first kappa shape index (κ1) is 32.8. The Morgan fingerprint density at radius 3 is 2.42 bits per heavy atom. The molecule has 2 aromatic rings. The van der Waals surface area contributed by atoms with E-state index in [1.54, 1.807) is 0 Å². The standard InChI is InChI=1S/C27H34N6O9S/c1-43(40,41)33-17-7-9-22-18(13-17)25(37)30-20(8-10-23(34)35)27(39)31-19(4-2-3-11-28)26(38)32-21-12-15(24(29)36)5-6-16(21)14-42-22/h5-7,9,12-13,19-20,33H,2-4,8,10-11,14,28H2,1H3,(H2,29,36)(H,30,37)(H,31,39)(H,32,38)(H,34,35)/p+1/t19-,20-/m0/s1. The molecule has 0 aliphatic carbocycles. The van der Waals surface area contributed by atoms with E-state index in [0.29, 0.717) is 24.9 Å². The number of quaternary nitrogens is 1. The Kier molecular flexibility index (Phi) is 11.0. The van der Waals surface area contributed by atoms with E-state index in [4.69, 9.17) is 10.5 Å². The number of primary amides is 1. The molecule has 0 aromatic heterocycles. The Morgan fingerprint density at radius 2 is 1.77 bits per heavy atom. The van der Waals surface area contributed by atoms with Crippen molar-refractivity contribution in [2.45, 2.75) is 50.8 Å². The van der Waals surface area contributed by atoms with Crippen molar-refractivity contribution in [3.63, 3.8) is 0 Å². The van der Waals surface area contributed by atoms with Crippen molar-refractivity contribution < 1.29 is 48.0 Å². The molecule has 2 atom stereocenters. The number of rotatable bonds is 10. The Bertz CT molecular complexity index is 1510. The molecule has 0 unspecified atom stereocenters. The first-order valence-corrected chi connectivity index (χ1v) is 15.3. The molecule has 0 spiro atoms. The monoisotopic (exact) mass is 619 g/mol. The molecule has 232 valence electrons. The van der Waals surface area contributed by atoms with Gasteiger partial charge in [-0.2, -0.15) is 0 Å². The zero-order chi connectivity index (χ0) is 31.7. The summed E-state index contributed by atoms with van der Waals surface area (Å²) in [6, 6.07) is 5.77. The number of aliphatic carboxylic acids is 1. The van der Waals surface area contributed by atoms with Crippen molar-refractivity contribution in [2.75, 3.05) is 22.8 Å². The summed E-state index contributed by atoms with van der Waals surface area (Å²) >= 11 is 0. The molecule has 4 amide bonds. The van der Waals surface area contributed by atoms with Gasteiger partial charge < -0.3 is 37.3 Å². The molecule has 0 bridgehead atoms. The number of nitrogens with one attached hydrogen (secondary N) is 4. The largest absolute Gasteiger partial charge is 0.488 e. The summed E-state index contributed by atoms with van der Waals surface area (Å²) < 4.78 is 31.8. The average molecular weight is 620 g/mol. The lowest BCUT2D eigenvalue weighted by Gasteiger charge is -2.25. The zero-order valence-electron chi connectivity index (χ0n) is 23.5. The third-order valence-corrected chi connectivity index (χ3v) is 7.06. The van der Waals surface area contributed by atoms with Crippen LogP contribution in [0.5, 0.6) is 5.75 Å². The fourth-order valence-electron chi connectivity index (χ4n) is 4.30. The number of fused-ring (bicyclic) bond motifs is 2. The fraction of sp³-hybridized carbons (Fsp3) is 0.370. The molecule has 1 aliphatic rings. The van der Waals surface area contributed by atoms with Gasteiger partial charge in [0.2, 0.25) is 27.7 Å². The van der Waals surface area contributed by atoms with Gasteiger partial charge in [0, 0.05) is 28.9 Å². The minimum absolute atomic E-state index is 0.00620. The molecule has 0 radical (unpaired) electrons.